The van der Waals surface area contributed by atoms with Crippen molar-refractivity contribution in [2.24, 2.45) is 5.92 Å². The van der Waals surface area contributed by atoms with Crippen LogP contribution in [0.3, 0.4) is 0 Å². The topological polar surface area (TPSA) is 44.1 Å². The van der Waals surface area contributed by atoms with Crippen molar-refractivity contribution >= 4 is 5.78 Å². The maximum absolute atomic E-state index is 12.7. The number of ketones is 1. The second-order valence-electron chi connectivity index (χ2n) is 5.93. The molecule has 0 N–H and O–H groups in total. The second-order valence-corrected chi connectivity index (χ2v) is 5.93. The first-order valence-electron chi connectivity index (χ1n) is 7.36. The molecule has 1 saturated heterocycles. The Balaban J connectivity index is 1.79. The van der Waals surface area contributed by atoms with Crippen LogP contribution >= 0.6 is 0 Å². The van der Waals surface area contributed by atoms with Crippen LogP contribution in [0.2, 0.25) is 0 Å². The number of Topliss-reactive ketones (excluding diaryl/α,β-unsaturated/α-hetero) is 1. The fourth-order valence-corrected chi connectivity index (χ4v) is 3.37. The van der Waals surface area contributed by atoms with Crippen molar-refractivity contribution < 1.29 is 9.53 Å². The first-order chi connectivity index (χ1) is 9.13. The zero-order valence-electron chi connectivity index (χ0n) is 11.8. The molecule has 2 fully saturated rings. The van der Waals surface area contributed by atoms with Gasteiger partial charge in [-0.25, -0.2) is 0 Å². The van der Waals surface area contributed by atoms with E-state index in [9.17, 15) is 4.79 Å². The normalized spacial score (nSPS) is 25.3. The van der Waals surface area contributed by atoms with E-state index >= 15 is 0 Å². The monoisotopic (exact) mass is 262 g/mol. The van der Waals surface area contributed by atoms with Gasteiger partial charge in [0, 0.05) is 19.1 Å². The molecule has 4 heteroatoms. The molecule has 19 heavy (non-hydrogen) atoms. The highest BCUT2D eigenvalue weighted by molar-refractivity contribution is 5.96. The Morgan fingerprint density at radius 1 is 1.58 bits per heavy atom. The van der Waals surface area contributed by atoms with Gasteiger partial charge in [0.1, 0.15) is 5.69 Å². The van der Waals surface area contributed by atoms with E-state index in [0.717, 1.165) is 50.2 Å². The van der Waals surface area contributed by atoms with Gasteiger partial charge in [-0.15, -0.1) is 0 Å². The van der Waals surface area contributed by atoms with Gasteiger partial charge in [-0.2, -0.15) is 5.10 Å². The number of carbonyl (C=O) groups excluding carboxylic acids is 1. The third kappa shape index (κ3) is 2.22. The Morgan fingerprint density at radius 3 is 3.00 bits per heavy atom. The van der Waals surface area contributed by atoms with Gasteiger partial charge in [0.05, 0.1) is 11.3 Å². The molecule has 0 radical (unpaired) electrons. The van der Waals surface area contributed by atoms with Crippen LogP contribution in [-0.4, -0.2) is 27.8 Å². The van der Waals surface area contributed by atoms with E-state index in [1.165, 1.54) is 6.42 Å². The lowest BCUT2D eigenvalue weighted by molar-refractivity contribution is -0.137. The van der Waals surface area contributed by atoms with Crippen LogP contribution in [-0.2, 0) is 11.3 Å². The first-order valence-corrected chi connectivity index (χ1v) is 7.36. The summed E-state index contributed by atoms with van der Waals surface area (Å²) in [6.07, 6.45) is 5.26. The SMILES string of the molecule is CCn1nc(C)cc1C(=O)C1CCOC2(CCC2)C1. The van der Waals surface area contributed by atoms with Gasteiger partial charge in [-0.1, -0.05) is 0 Å². The molecule has 1 aliphatic carbocycles. The molecular weight excluding hydrogens is 240 g/mol. The van der Waals surface area contributed by atoms with Crippen molar-refractivity contribution in [1.29, 1.82) is 0 Å². The van der Waals surface area contributed by atoms with E-state index in [2.05, 4.69) is 5.10 Å². The van der Waals surface area contributed by atoms with Gasteiger partial charge in [-0.3, -0.25) is 9.48 Å². The van der Waals surface area contributed by atoms with Crippen LogP contribution in [0.15, 0.2) is 6.07 Å². The van der Waals surface area contributed by atoms with Gasteiger partial charge in [0.25, 0.3) is 0 Å². The number of aromatic nitrogens is 2. The van der Waals surface area contributed by atoms with Crippen LogP contribution in [0.5, 0.6) is 0 Å². The van der Waals surface area contributed by atoms with Crippen LogP contribution in [0.4, 0.5) is 0 Å². The summed E-state index contributed by atoms with van der Waals surface area (Å²) in [4.78, 5) is 12.7. The van der Waals surface area contributed by atoms with Crippen LogP contribution < -0.4 is 0 Å². The lowest BCUT2D eigenvalue weighted by Gasteiger charge is -2.46. The molecular formula is C15H22N2O2. The second kappa shape index (κ2) is 4.75. The molecule has 1 aliphatic heterocycles. The highest BCUT2D eigenvalue weighted by atomic mass is 16.5. The lowest BCUT2D eigenvalue weighted by Crippen LogP contribution is -2.47. The highest BCUT2D eigenvalue weighted by Crippen LogP contribution is 2.44. The Kier molecular flexibility index (Phi) is 3.21. The fraction of sp³-hybridized carbons (Fsp3) is 0.733. The molecule has 1 aromatic heterocycles. The fourth-order valence-electron chi connectivity index (χ4n) is 3.37. The van der Waals surface area contributed by atoms with Gasteiger partial charge in [0.2, 0.25) is 0 Å². The minimum atomic E-state index is 0.0324. The smallest absolute Gasteiger partial charge is 0.184 e. The summed E-state index contributed by atoms with van der Waals surface area (Å²) in [5, 5.41) is 4.38. The van der Waals surface area contributed by atoms with E-state index in [1.807, 2.05) is 24.6 Å². The molecule has 1 unspecified atom stereocenters. The predicted octanol–water partition coefficient (Wildman–Crippen LogP) is 2.74. The molecule has 1 aromatic rings. The summed E-state index contributed by atoms with van der Waals surface area (Å²) in [6, 6.07) is 1.93. The summed E-state index contributed by atoms with van der Waals surface area (Å²) in [5.74, 6) is 0.382. The van der Waals surface area contributed by atoms with Crippen LogP contribution in [0.25, 0.3) is 0 Å². The number of aryl methyl sites for hydroxylation is 2. The zero-order chi connectivity index (χ0) is 13.5. The lowest BCUT2D eigenvalue weighted by atomic mass is 9.71. The number of hydrogen-bond donors (Lipinski definition) is 0. The van der Waals surface area contributed by atoms with Crippen LogP contribution in [0.1, 0.15) is 55.2 Å². The minimum Gasteiger partial charge on any atom is -0.375 e. The highest BCUT2D eigenvalue weighted by Gasteiger charge is 2.44. The van der Waals surface area contributed by atoms with Gasteiger partial charge in [-0.05, 0) is 52.0 Å². The van der Waals surface area contributed by atoms with Crippen molar-refractivity contribution in [2.75, 3.05) is 6.61 Å². The Hall–Kier alpha value is -1.16. The van der Waals surface area contributed by atoms with E-state index < -0.39 is 0 Å². The number of carbonyl (C=O) groups is 1. The van der Waals surface area contributed by atoms with Crippen molar-refractivity contribution in [2.45, 2.75) is 58.1 Å². The Morgan fingerprint density at radius 2 is 2.37 bits per heavy atom. The quantitative estimate of drug-likeness (QED) is 0.787. The third-order valence-electron chi connectivity index (χ3n) is 4.58. The van der Waals surface area contributed by atoms with E-state index in [4.69, 9.17) is 4.74 Å². The van der Waals surface area contributed by atoms with Crippen molar-refractivity contribution in [1.82, 2.24) is 9.78 Å². The Labute approximate surface area is 114 Å². The summed E-state index contributed by atoms with van der Waals surface area (Å²) < 4.78 is 7.74. The number of nitrogens with zero attached hydrogens (tertiary/aromatic N) is 2. The molecule has 0 amide bonds. The van der Waals surface area contributed by atoms with Crippen molar-refractivity contribution in [3.05, 3.63) is 17.5 Å². The van der Waals surface area contributed by atoms with Gasteiger partial charge < -0.3 is 4.74 Å². The largest absolute Gasteiger partial charge is 0.375 e. The minimum absolute atomic E-state index is 0.0324. The molecule has 2 heterocycles. The van der Waals surface area contributed by atoms with E-state index in [0.29, 0.717) is 0 Å². The molecule has 1 saturated carbocycles. The summed E-state index contributed by atoms with van der Waals surface area (Å²) in [7, 11) is 0. The van der Waals surface area contributed by atoms with Gasteiger partial charge >= 0.3 is 0 Å². The van der Waals surface area contributed by atoms with Crippen molar-refractivity contribution in [3.8, 4) is 0 Å². The van der Waals surface area contributed by atoms with E-state index in [-0.39, 0.29) is 17.3 Å². The van der Waals surface area contributed by atoms with Gasteiger partial charge in [0.15, 0.2) is 5.78 Å². The predicted molar refractivity (Wildman–Crippen MR) is 72.2 cm³/mol. The maximum atomic E-state index is 12.7. The molecule has 0 aromatic carbocycles. The zero-order valence-corrected chi connectivity index (χ0v) is 11.8. The molecule has 1 spiro atoms. The Bertz CT molecular complexity index is 488. The van der Waals surface area contributed by atoms with Crippen molar-refractivity contribution in [3.63, 3.8) is 0 Å². The molecule has 2 aliphatic rings. The van der Waals surface area contributed by atoms with E-state index in [1.54, 1.807) is 0 Å². The molecule has 4 nitrogen and oxygen atoms in total. The summed E-state index contributed by atoms with van der Waals surface area (Å²) in [6.45, 7) is 5.46. The first kappa shape index (κ1) is 12.9. The molecule has 0 bridgehead atoms. The molecule has 3 rings (SSSR count). The average molecular weight is 262 g/mol. The number of ether oxygens (including phenoxy) is 1. The number of rotatable bonds is 3. The standard InChI is InChI=1S/C15H22N2O2/c1-3-17-13(9-11(2)16-17)14(18)12-5-8-19-15(10-12)6-4-7-15/h9,12H,3-8,10H2,1-2H3. The summed E-state index contributed by atoms with van der Waals surface area (Å²) in [5.41, 5.74) is 1.74. The summed E-state index contributed by atoms with van der Waals surface area (Å²) >= 11 is 0. The van der Waals surface area contributed by atoms with Crippen LogP contribution in [0, 0.1) is 12.8 Å². The number of hydrogen-bond acceptors (Lipinski definition) is 3. The molecule has 1 atom stereocenters. The maximum Gasteiger partial charge on any atom is 0.184 e. The third-order valence-corrected chi connectivity index (χ3v) is 4.58. The average Bonchev–Trinajstić information content (AvgIpc) is 2.77. The molecule has 104 valence electrons.